The van der Waals surface area contributed by atoms with Gasteiger partial charge < -0.3 is 9.47 Å². The smallest absolute Gasteiger partial charge is 0.160 e. The van der Waals surface area contributed by atoms with Crippen molar-refractivity contribution in [2.75, 3.05) is 13.2 Å². The largest absolute Gasteiger partial charge is 0.353 e. The van der Waals surface area contributed by atoms with Gasteiger partial charge in [0.15, 0.2) is 6.29 Å². The Morgan fingerprint density at radius 1 is 0.833 bits per heavy atom. The minimum Gasteiger partial charge on any atom is -0.353 e. The normalized spacial score (nSPS) is 12.7. The zero-order valence-corrected chi connectivity index (χ0v) is 12.1. The number of hydrogen-bond donors (Lipinski definition) is 0. The zero-order valence-electron chi connectivity index (χ0n) is 12.1. The van der Waals surface area contributed by atoms with Crippen molar-refractivity contribution < 1.29 is 9.47 Å². The topological polar surface area (TPSA) is 18.5 Å². The second-order valence-electron chi connectivity index (χ2n) is 3.96. The molecule has 18 heavy (non-hydrogen) atoms. The molecule has 0 spiro atoms. The second-order valence-corrected chi connectivity index (χ2v) is 3.96. The highest BCUT2D eigenvalue weighted by molar-refractivity contribution is 5.11. The van der Waals surface area contributed by atoms with Gasteiger partial charge in [-0.2, -0.15) is 0 Å². The lowest BCUT2D eigenvalue weighted by Gasteiger charge is -2.14. The van der Waals surface area contributed by atoms with E-state index in [1.54, 1.807) is 0 Å². The van der Waals surface area contributed by atoms with E-state index in [1.165, 1.54) is 19.3 Å². The quantitative estimate of drug-likeness (QED) is 0.303. The van der Waals surface area contributed by atoms with E-state index in [1.807, 2.05) is 26.0 Å². The van der Waals surface area contributed by atoms with Gasteiger partial charge in [-0.1, -0.05) is 56.2 Å². The van der Waals surface area contributed by atoms with Gasteiger partial charge >= 0.3 is 0 Å². The molecule has 0 amide bonds. The highest BCUT2D eigenvalue weighted by Crippen LogP contribution is 2.02. The van der Waals surface area contributed by atoms with Crippen LogP contribution in [-0.4, -0.2) is 19.5 Å². The summed E-state index contributed by atoms with van der Waals surface area (Å²) in [5, 5.41) is 0. The second kappa shape index (κ2) is 14.2. The Hall–Kier alpha value is -0.860. The summed E-state index contributed by atoms with van der Waals surface area (Å²) in [4.78, 5) is 0. The zero-order chi connectivity index (χ0) is 13.5. The fourth-order valence-corrected chi connectivity index (χ4v) is 1.45. The molecule has 0 aromatic rings. The third-order valence-electron chi connectivity index (χ3n) is 2.36. The van der Waals surface area contributed by atoms with Crippen LogP contribution in [0.2, 0.25) is 0 Å². The van der Waals surface area contributed by atoms with E-state index >= 15 is 0 Å². The number of hydrogen-bond acceptors (Lipinski definition) is 2. The first kappa shape index (κ1) is 17.1. The Kier molecular flexibility index (Phi) is 13.5. The van der Waals surface area contributed by atoms with Crippen LogP contribution in [0.25, 0.3) is 0 Å². The van der Waals surface area contributed by atoms with Crippen LogP contribution in [0, 0.1) is 0 Å². The fraction of sp³-hybridized carbons (Fsp3) is 0.625. The van der Waals surface area contributed by atoms with Gasteiger partial charge in [-0.05, 0) is 20.3 Å². The first-order valence-corrected chi connectivity index (χ1v) is 7.06. The van der Waals surface area contributed by atoms with Crippen LogP contribution in [0.3, 0.4) is 0 Å². The summed E-state index contributed by atoms with van der Waals surface area (Å²) >= 11 is 0. The van der Waals surface area contributed by atoms with E-state index in [9.17, 15) is 0 Å². The molecule has 0 radical (unpaired) electrons. The van der Waals surface area contributed by atoms with E-state index in [0.29, 0.717) is 13.2 Å². The number of rotatable bonds is 11. The summed E-state index contributed by atoms with van der Waals surface area (Å²) in [7, 11) is 0. The molecule has 0 fully saturated rings. The Morgan fingerprint density at radius 3 is 2.00 bits per heavy atom. The SMILES string of the molecule is CCCC/C=C/C=C/C=C\CC(OCC)OCC. The molecule has 0 unspecified atom stereocenters. The molecular weight excluding hydrogens is 224 g/mol. The average Bonchev–Trinajstić information content (AvgIpc) is 2.37. The Labute approximate surface area is 112 Å². The van der Waals surface area contributed by atoms with Crippen molar-refractivity contribution in [2.24, 2.45) is 0 Å². The first-order valence-electron chi connectivity index (χ1n) is 7.06. The highest BCUT2D eigenvalue weighted by atomic mass is 16.7. The van der Waals surface area contributed by atoms with Gasteiger partial charge in [0.2, 0.25) is 0 Å². The first-order chi connectivity index (χ1) is 8.85. The summed E-state index contributed by atoms with van der Waals surface area (Å²) in [5.74, 6) is 0. The standard InChI is InChI=1S/C16H28O2/c1-4-7-8-9-10-11-12-13-14-15-16(17-5-2)18-6-3/h9-14,16H,4-8,15H2,1-3H3/b10-9+,12-11+,14-13-. The molecule has 2 heteroatoms. The third-order valence-corrected chi connectivity index (χ3v) is 2.36. The maximum Gasteiger partial charge on any atom is 0.160 e. The summed E-state index contributed by atoms with van der Waals surface area (Å²) in [6.45, 7) is 7.55. The molecule has 104 valence electrons. The molecule has 0 aliphatic heterocycles. The maximum atomic E-state index is 5.44. The van der Waals surface area contributed by atoms with Crippen molar-refractivity contribution in [1.29, 1.82) is 0 Å². The third kappa shape index (κ3) is 11.6. The van der Waals surface area contributed by atoms with Gasteiger partial charge in [0, 0.05) is 19.6 Å². The van der Waals surface area contributed by atoms with Crippen molar-refractivity contribution in [2.45, 2.75) is 52.7 Å². The van der Waals surface area contributed by atoms with Crippen molar-refractivity contribution >= 4 is 0 Å². The lowest BCUT2D eigenvalue weighted by atomic mass is 10.2. The Bertz CT molecular complexity index is 235. The van der Waals surface area contributed by atoms with Gasteiger partial charge in [0.1, 0.15) is 0 Å². The molecule has 0 aliphatic carbocycles. The van der Waals surface area contributed by atoms with Crippen LogP contribution in [0.1, 0.15) is 46.5 Å². The van der Waals surface area contributed by atoms with Crippen molar-refractivity contribution in [3.05, 3.63) is 36.5 Å². The maximum absolute atomic E-state index is 5.44. The molecule has 0 aromatic carbocycles. The van der Waals surface area contributed by atoms with Crippen LogP contribution in [0.4, 0.5) is 0 Å². The van der Waals surface area contributed by atoms with Crippen molar-refractivity contribution in [1.82, 2.24) is 0 Å². The number of ether oxygens (including phenoxy) is 2. The molecule has 0 saturated heterocycles. The predicted molar refractivity (Wildman–Crippen MR) is 78.6 cm³/mol. The van der Waals surface area contributed by atoms with Crippen LogP contribution >= 0.6 is 0 Å². The summed E-state index contributed by atoms with van der Waals surface area (Å²) in [5.41, 5.74) is 0. The molecule has 0 N–H and O–H groups in total. The van der Waals surface area contributed by atoms with Gasteiger partial charge in [0.25, 0.3) is 0 Å². The number of unbranched alkanes of at least 4 members (excludes halogenated alkanes) is 2. The predicted octanol–water partition coefficient (Wildman–Crippen LogP) is 4.63. The van der Waals surface area contributed by atoms with Gasteiger partial charge in [-0.15, -0.1) is 0 Å². The minimum absolute atomic E-state index is 0.107. The van der Waals surface area contributed by atoms with Crippen LogP contribution < -0.4 is 0 Å². The van der Waals surface area contributed by atoms with E-state index in [-0.39, 0.29) is 6.29 Å². The monoisotopic (exact) mass is 252 g/mol. The molecular formula is C16H28O2. The Balaban J connectivity index is 3.72. The van der Waals surface area contributed by atoms with E-state index in [4.69, 9.17) is 9.47 Å². The summed E-state index contributed by atoms with van der Waals surface area (Å²) < 4.78 is 10.9. The molecule has 0 heterocycles. The summed E-state index contributed by atoms with van der Waals surface area (Å²) in [6, 6.07) is 0. The average molecular weight is 252 g/mol. The van der Waals surface area contributed by atoms with Crippen LogP contribution in [0.15, 0.2) is 36.5 Å². The molecule has 0 atom stereocenters. The minimum atomic E-state index is -0.107. The molecule has 0 aliphatic rings. The van der Waals surface area contributed by atoms with Crippen molar-refractivity contribution in [3.8, 4) is 0 Å². The molecule has 0 saturated carbocycles. The van der Waals surface area contributed by atoms with Gasteiger partial charge in [-0.25, -0.2) is 0 Å². The van der Waals surface area contributed by atoms with Crippen LogP contribution in [-0.2, 0) is 9.47 Å². The van der Waals surface area contributed by atoms with E-state index in [2.05, 4.69) is 31.2 Å². The van der Waals surface area contributed by atoms with Crippen LogP contribution in [0.5, 0.6) is 0 Å². The van der Waals surface area contributed by atoms with Crippen molar-refractivity contribution in [3.63, 3.8) is 0 Å². The fourth-order valence-electron chi connectivity index (χ4n) is 1.45. The van der Waals surface area contributed by atoms with Gasteiger partial charge in [0.05, 0.1) is 0 Å². The molecule has 0 rings (SSSR count). The molecule has 0 aromatic heterocycles. The molecule has 2 nitrogen and oxygen atoms in total. The Morgan fingerprint density at radius 2 is 1.44 bits per heavy atom. The molecule has 0 bridgehead atoms. The van der Waals surface area contributed by atoms with Gasteiger partial charge in [-0.3, -0.25) is 0 Å². The highest BCUT2D eigenvalue weighted by Gasteiger charge is 2.03. The number of allylic oxidation sites excluding steroid dienone is 5. The lowest BCUT2D eigenvalue weighted by molar-refractivity contribution is -0.133. The lowest BCUT2D eigenvalue weighted by Crippen LogP contribution is -2.16. The van der Waals surface area contributed by atoms with E-state index in [0.717, 1.165) is 6.42 Å². The summed E-state index contributed by atoms with van der Waals surface area (Å²) in [6.07, 6.45) is 16.9. The van der Waals surface area contributed by atoms with E-state index < -0.39 is 0 Å².